The van der Waals surface area contributed by atoms with Crippen molar-refractivity contribution in [3.8, 4) is 0 Å². The topological polar surface area (TPSA) is 112 Å². The highest BCUT2D eigenvalue weighted by atomic mass is 35.5. The molecule has 1 aromatic heterocycles. The van der Waals surface area contributed by atoms with E-state index in [1.54, 1.807) is 18.2 Å². The van der Waals surface area contributed by atoms with Gasteiger partial charge in [-0.15, -0.1) is 0 Å². The summed E-state index contributed by atoms with van der Waals surface area (Å²) in [4.78, 5) is 44.0. The summed E-state index contributed by atoms with van der Waals surface area (Å²) in [6, 6.07) is 14.3. The maximum atomic E-state index is 14.0. The van der Waals surface area contributed by atoms with Crippen molar-refractivity contribution in [2.45, 2.75) is 32.1 Å². The van der Waals surface area contributed by atoms with Gasteiger partial charge in [-0.05, 0) is 53.8 Å². The molecule has 37 heavy (non-hydrogen) atoms. The Bertz CT molecular complexity index is 1380. The highest BCUT2D eigenvalue weighted by Crippen LogP contribution is 2.43. The number of carboxylic acid groups (broad SMARTS) is 1. The number of hydrogen-bond donors (Lipinski definition) is 3. The van der Waals surface area contributed by atoms with Gasteiger partial charge < -0.3 is 20.6 Å². The van der Waals surface area contributed by atoms with Crippen LogP contribution in [-0.2, 0) is 10.2 Å². The van der Waals surface area contributed by atoms with Crippen molar-refractivity contribution in [2.75, 3.05) is 30.4 Å². The molecule has 0 atom stereocenters. The van der Waals surface area contributed by atoms with Gasteiger partial charge in [-0.1, -0.05) is 49.7 Å². The fraction of sp³-hybridized carbons (Fsp3) is 0.286. The monoisotopic (exact) mass is 520 g/mol. The van der Waals surface area contributed by atoms with Crippen LogP contribution in [0.4, 0.5) is 11.4 Å². The molecule has 4 rings (SSSR count). The van der Waals surface area contributed by atoms with Crippen LogP contribution in [0.25, 0.3) is 0 Å². The summed E-state index contributed by atoms with van der Waals surface area (Å²) < 4.78 is 0. The first kappa shape index (κ1) is 26.2. The van der Waals surface area contributed by atoms with Gasteiger partial charge in [0.25, 0.3) is 5.91 Å². The minimum absolute atomic E-state index is 0.145. The second kappa shape index (κ2) is 10.2. The van der Waals surface area contributed by atoms with Gasteiger partial charge in [0.15, 0.2) is 0 Å². The van der Waals surface area contributed by atoms with E-state index in [2.05, 4.69) is 34.4 Å². The van der Waals surface area contributed by atoms with E-state index in [1.807, 2.05) is 31.2 Å². The van der Waals surface area contributed by atoms with Crippen molar-refractivity contribution in [3.05, 3.63) is 87.7 Å². The van der Waals surface area contributed by atoms with E-state index in [1.165, 1.54) is 19.3 Å². The van der Waals surface area contributed by atoms with Gasteiger partial charge in [0.2, 0.25) is 5.91 Å². The summed E-state index contributed by atoms with van der Waals surface area (Å²) in [5.41, 5.74) is 3.48. The molecule has 3 aromatic rings. The van der Waals surface area contributed by atoms with E-state index in [0.29, 0.717) is 13.1 Å². The van der Waals surface area contributed by atoms with Crippen LogP contribution < -0.4 is 15.5 Å². The predicted octanol–water partition coefficient (Wildman–Crippen LogP) is 4.62. The minimum atomic E-state index is -0.985. The normalized spacial score (nSPS) is 14.2. The van der Waals surface area contributed by atoms with Gasteiger partial charge in [-0.2, -0.15) is 0 Å². The first-order valence-corrected chi connectivity index (χ1v) is 12.3. The molecular formula is C28H29ClN4O4. The second-order valence-corrected chi connectivity index (χ2v) is 9.96. The number of rotatable bonds is 7. The number of halogens is 1. The number of aromatic nitrogens is 1. The lowest BCUT2D eigenvalue weighted by Crippen LogP contribution is -2.65. The smallest absolute Gasteiger partial charge is 0.335 e. The van der Waals surface area contributed by atoms with Gasteiger partial charge in [-0.25, -0.2) is 9.78 Å². The summed E-state index contributed by atoms with van der Waals surface area (Å²) in [6.07, 6.45) is 1.39. The lowest BCUT2D eigenvalue weighted by Gasteiger charge is -2.51. The van der Waals surface area contributed by atoms with E-state index in [4.69, 9.17) is 11.6 Å². The summed E-state index contributed by atoms with van der Waals surface area (Å²) in [5, 5.41) is 15.0. The number of anilines is 2. The number of hydrogen-bond acceptors (Lipinski definition) is 5. The Morgan fingerprint density at radius 3 is 2.43 bits per heavy atom. The Morgan fingerprint density at radius 2 is 1.81 bits per heavy atom. The minimum Gasteiger partial charge on any atom is -0.478 e. The molecule has 9 heteroatoms. The van der Waals surface area contributed by atoms with Crippen molar-refractivity contribution >= 4 is 40.8 Å². The van der Waals surface area contributed by atoms with Crippen molar-refractivity contribution in [2.24, 2.45) is 0 Å². The van der Waals surface area contributed by atoms with E-state index >= 15 is 0 Å². The largest absolute Gasteiger partial charge is 0.478 e. The quantitative estimate of drug-likeness (QED) is 0.392. The SMILES string of the molecule is CNC(=O)c1cc(Cl)ncc1NC(=O)C1(c2ccccc2C(C)C)CN(c2ccc(C(=O)O)cc2C)C1. The molecule has 1 saturated heterocycles. The average molecular weight is 521 g/mol. The highest BCUT2D eigenvalue weighted by Gasteiger charge is 2.52. The van der Waals surface area contributed by atoms with Crippen LogP contribution >= 0.6 is 11.6 Å². The number of carbonyl (C=O) groups is 3. The highest BCUT2D eigenvalue weighted by molar-refractivity contribution is 6.30. The lowest BCUT2D eigenvalue weighted by atomic mass is 9.69. The van der Waals surface area contributed by atoms with Gasteiger partial charge in [-0.3, -0.25) is 9.59 Å². The molecule has 2 amide bonds. The van der Waals surface area contributed by atoms with E-state index in [-0.39, 0.29) is 39.7 Å². The third kappa shape index (κ3) is 4.89. The number of aromatic carboxylic acids is 1. The zero-order chi connectivity index (χ0) is 26.9. The van der Waals surface area contributed by atoms with Gasteiger partial charge in [0, 0.05) is 25.8 Å². The molecular weight excluding hydrogens is 492 g/mol. The van der Waals surface area contributed by atoms with Gasteiger partial charge >= 0.3 is 5.97 Å². The van der Waals surface area contributed by atoms with Gasteiger partial charge in [0.1, 0.15) is 10.6 Å². The summed E-state index contributed by atoms with van der Waals surface area (Å²) in [6.45, 7) is 6.79. The van der Waals surface area contributed by atoms with Crippen LogP contribution in [0, 0.1) is 6.92 Å². The number of benzene rings is 2. The summed E-state index contributed by atoms with van der Waals surface area (Å²) in [7, 11) is 1.50. The lowest BCUT2D eigenvalue weighted by molar-refractivity contribution is -0.122. The second-order valence-electron chi connectivity index (χ2n) is 9.57. The maximum absolute atomic E-state index is 14.0. The molecule has 0 unspecified atom stereocenters. The molecule has 192 valence electrons. The number of aryl methyl sites for hydroxylation is 1. The Kier molecular flexibility index (Phi) is 7.23. The van der Waals surface area contributed by atoms with Crippen molar-refractivity contribution < 1.29 is 19.5 Å². The molecule has 2 heterocycles. The first-order valence-electron chi connectivity index (χ1n) is 11.9. The Labute approximate surface area is 220 Å². The summed E-state index contributed by atoms with van der Waals surface area (Å²) >= 11 is 6.02. The van der Waals surface area contributed by atoms with Crippen molar-refractivity contribution in [1.82, 2.24) is 10.3 Å². The van der Waals surface area contributed by atoms with Crippen LogP contribution in [0.3, 0.4) is 0 Å². The van der Waals surface area contributed by atoms with E-state index in [0.717, 1.165) is 22.4 Å². The molecule has 1 fully saturated rings. The maximum Gasteiger partial charge on any atom is 0.335 e. The predicted molar refractivity (Wildman–Crippen MR) is 144 cm³/mol. The molecule has 0 aliphatic carbocycles. The number of pyridine rings is 1. The van der Waals surface area contributed by atoms with Crippen molar-refractivity contribution in [3.63, 3.8) is 0 Å². The number of amides is 2. The van der Waals surface area contributed by atoms with Crippen LogP contribution in [0.5, 0.6) is 0 Å². The molecule has 0 spiro atoms. The Morgan fingerprint density at radius 1 is 1.11 bits per heavy atom. The summed E-state index contributed by atoms with van der Waals surface area (Å²) in [5.74, 6) is -1.45. The Balaban J connectivity index is 1.74. The molecule has 1 aliphatic rings. The van der Waals surface area contributed by atoms with Gasteiger partial charge in [0.05, 0.1) is 23.0 Å². The molecule has 0 radical (unpaired) electrons. The van der Waals surface area contributed by atoms with Crippen molar-refractivity contribution in [1.29, 1.82) is 0 Å². The fourth-order valence-corrected chi connectivity index (χ4v) is 5.04. The molecule has 2 aromatic carbocycles. The number of carboxylic acids is 1. The zero-order valence-corrected chi connectivity index (χ0v) is 21.9. The molecule has 0 bridgehead atoms. The molecule has 0 saturated carbocycles. The molecule has 8 nitrogen and oxygen atoms in total. The molecule has 1 aliphatic heterocycles. The van der Waals surface area contributed by atoms with Crippen LogP contribution in [0.2, 0.25) is 5.15 Å². The van der Waals surface area contributed by atoms with E-state index in [9.17, 15) is 19.5 Å². The fourth-order valence-electron chi connectivity index (χ4n) is 4.89. The van der Waals surface area contributed by atoms with Crippen LogP contribution in [-0.4, -0.2) is 48.0 Å². The third-order valence-corrected chi connectivity index (χ3v) is 7.04. The number of carbonyl (C=O) groups excluding carboxylic acids is 2. The standard InChI is InChI=1S/C28H29ClN4O4/c1-16(2)19-7-5-6-8-21(19)28(14-33(15-28)23-10-9-18(26(35)36)11-17(23)3)27(37)32-22-13-31-24(29)12-20(22)25(34)30-4/h5-13,16H,14-15H2,1-4H3,(H,30,34)(H,32,37)(H,35,36). The van der Waals surface area contributed by atoms with Crippen LogP contribution in [0.15, 0.2) is 54.7 Å². The van der Waals surface area contributed by atoms with Crippen LogP contribution in [0.1, 0.15) is 57.2 Å². The zero-order valence-electron chi connectivity index (χ0n) is 21.1. The molecule has 3 N–H and O–H groups in total. The number of nitrogens with zero attached hydrogens (tertiary/aromatic N) is 2. The van der Waals surface area contributed by atoms with E-state index < -0.39 is 11.4 Å². The Hall–Kier alpha value is -3.91. The number of nitrogens with one attached hydrogen (secondary N) is 2. The average Bonchev–Trinajstić information content (AvgIpc) is 2.84. The first-order chi connectivity index (χ1) is 17.6. The third-order valence-electron chi connectivity index (χ3n) is 6.83.